The third kappa shape index (κ3) is 4.10. The van der Waals surface area contributed by atoms with Crippen LogP contribution in [0.1, 0.15) is 37.0 Å². The Kier molecular flexibility index (Phi) is 5.08. The van der Waals surface area contributed by atoms with Crippen LogP contribution in [0, 0.1) is 5.92 Å². The smallest absolute Gasteiger partial charge is 0.255 e. The highest BCUT2D eigenvalue weighted by atomic mass is 16.2. The van der Waals surface area contributed by atoms with Gasteiger partial charge in [0.05, 0.1) is 11.8 Å². The average Bonchev–Trinajstić information content (AvgIpc) is 3.08. The first kappa shape index (κ1) is 16.4. The number of hydrogen-bond acceptors (Lipinski definition) is 5. The fraction of sp³-hybridized carbons (Fsp3) is 0.529. The van der Waals surface area contributed by atoms with Gasteiger partial charge in [0.2, 0.25) is 0 Å². The first-order valence-electron chi connectivity index (χ1n) is 8.48. The van der Waals surface area contributed by atoms with Gasteiger partial charge in [-0.05, 0) is 44.7 Å². The molecule has 2 aromatic heterocycles. The van der Waals surface area contributed by atoms with E-state index in [1.165, 1.54) is 0 Å². The zero-order chi connectivity index (χ0) is 16.9. The highest BCUT2D eigenvalue weighted by Gasteiger charge is 2.24. The Morgan fingerprint density at radius 1 is 1.33 bits per heavy atom. The highest BCUT2D eigenvalue weighted by Crippen LogP contribution is 2.20. The van der Waals surface area contributed by atoms with Crippen molar-refractivity contribution in [2.45, 2.75) is 39.3 Å². The monoisotopic (exact) mass is 328 g/mol. The Bertz CT molecular complexity index is 644. The first-order valence-corrected chi connectivity index (χ1v) is 8.48. The van der Waals surface area contributed by atoms with E-state index < -0.39 is 0 Å². The number of hydrogen-bond donors (Lipinski definition) is 1. The van der Waals surface area contributed by atoms with E-state index in [-0.39, 0.29) is 5.91 Å². The number of aromatic nitrogens is 4. The van der Waals surface area contributed by atoms with Gasteiger partial charge < -0.3 is 10.2 Å². The van der Waals surface area contributed by atoms with Crippen molar-refractivity contribution in [3.63, 3.8) is 0 Å². The molecule has 3 rings (SSSR count). The third-order valence-corrected chi connectivity index (χ3v) is 4.27. The zero-order valence-electron chi connectivity index (χ0n) is 14.2. The lowest BCUT2D eigenvalue weighted by Gasteiger charge is -2.31. The second kappa shape index (κ2) is 7.42. The molecule has 2 aromatic rings. The molecule has 0 atom stereocenters. The molecule has 7 nitrogen and oxygen atoms in total. The van der Waals surface area contributed by atoms with Crippen LogP contribution in [-0.2, 0) is 6.54 Å². The molecule has 0 aromatic carbocycles. The van der Waals surface area contributed by atoms with Crippen molar-refractivity contribution < 1.29 is 4.79 Å². The minimum absolute atomic E-state index is 0.0674. The SMILES string of the molecule is CC(C)Nc1ccc(C(=O)N2CCC(Cn3ccnn3)CC2)cn1. The molecule has 1 fully saturated rings. The lowest BCUT2D eigenvalue weighted by Crippen LogP contribution is -2.39. The molecule has 1 amide bonds. The van der Waals surface area contributed by atoms with Crippen LogP contribution in [0.3, 0.4) is 0 Å². The number of likely N-dealkylation sites (tertiary alicyclic amines) is 1. The molecular formula is C17H24N6O. The van der Waals surface area contributed by atoms with Gasteiger partial charge in [0.1, 0.15) is 5.82 Å². The Balaban J connectivity index is 1.53. The van der Waals surface area contributed by atoms with E-state index in [0.29, 0.717) is 17.5 Å². The first-order chi connectivity index (χ1) is 11.6. The number of anilines is 1. The number of piperidine rings is 1. The minimum Gasteiger partial charge on any atom is -0.368 e. The maximum Gasteiger partial charge on any atom is 0.255 e. The number of carbonyl (C=O) groups excluding carboxylic acids is 1. The van der Waals surface area contributed by atoms with Gasteiger partial charge in [-0.15, -0.1) is 5.10 Å². The molecule has 7 heteroatoms. The summed E-state index contributed by atoms with van der Waals surface area (Å²) in [6.07, 6.45) is 7.23. The van der Waals surface area contributed by atoms with Gasteiger partial charge in [-0.2, -0.15) is 0 Å². The van der Waals surface area contributed by atoms with E-state index >= 15 is 0 Å². The van der Waals surface area contributed by atoms with Gasteiger partial charge in [-0.25, -0.2) is 4.98 Å². The summed E-state index contributed by atoms with van der Waals surface area (Å²) in [5.41, 5.74) is 0.652. The van der Waals surface area contributed by atoms with Crippen LogP contribution in [-0.4, -0.2) is 49.9 Å². The molecule has 1 saturated heterocycles. The van der Waals surface area contributed by atoms with Crippen LogP contribution in [0.25, 0.3) is 0 Å². The van der Waals surface area contributed by atoms with Gasteiger partial charge in [0.15, 0.2) is 0 Å². The lowest BCUT2D eigenvalue weighted by molar-refractivity contribution is 0.0680. The van der Waals surface area contributed by atoms with Gasteiger partial charge >= 0.3 is 0 Å². The van der Waals surface area contributed by atoms with Crippen molar-refractivity contribution in [1.29, 1.82) is 0 Å². The van der Waals surface area contributed by atoms with E-state index in [2.05, 4.69) is 34.5 Å². The number of pyridine rings is 1. The molecule has 0 saturated carbocycles. The largest absolute Gasteiger partial charge is 0.368 e. The van der Waals surface area contributed by atoms with Crippen LogP contribution >= 0.6 is 0 Å². The van der Waals surface area contributed by atoms with Crippen molar-refractivity contribution in [2.75, 3.05) is 18.4 Å². The van der Waals surface area contributed by atoms with E-state index in [1.54, 1.807) is 12.4 Å². The third-order valence-electron chi connectivity index (χ3n) is 4.27. The number of nitrogens with one attached hydrogen (secondary N) is 1. The Hall–Kier alpha value is -2.44. The summed E-state index contributed by atoms with van der Waals surface area (Å²) < 4.78 is 1.87. The molecule has 0 aliphatic carbocycles. The quantitative estimate of drug-likeness (QED) is 0.909. The standard InChI is InChI=1S/C17H24N6O/c1-13(2)20-16-4-3-15(11-18-16)17(24)22-8-5-14(6-9-22)12-23-10-7-19-21-23/h3-4,7,10-11,13-14H,5-6,8-9,12H2,1-2H3,(H,18,20). The van der Waals surface area contributed by atoms with E-state index in [1.807, 2.05) is 27.9 Å². The molecule has 128 valence electrons. The summed E-state index contributed by atoms with van der Waals surface area (Å²) in [5.74, 6) is 1.41. The van der Waals surface area contributed by atoms with E-state index in [0.717, 1.165) is 38.3 Å². The Labute approximate surface area is 142 Å². The second-order valence-corrected chi connectivity index (χ2v) is 6.59. The van der Waals surface area contributed by atoms with Crippen molar-refractivity contribution in [1.82, 2.24) is 24.9 Å². The fourth-order valence-electron chi connectivity index (χ4n) is 3.00. The molecule has 24 heavy (non-hydrogen) atoms. The molecule has 0 spiro atoms. The van der Waals surface area contributed by atoms with Crippen LogP contribution < -0.4 is 5.32 Å². The van der Waals surface area contributed by atoms with Gasteiger partial charge in [-0.1, -0.05) is 5.21 Å². The molecule has 3 heterocycles. The molecular weight excluding hydrogens is 304 g/mol. The molecule has 1 aliphatic heterocycles. The van der Waals surface area contributed by atoms with Gasteiger partial charge in [0, 0.05) is 38.1 Å². The summed E-state index contributed by atoms with van der Waals surface area (Å²) in [7, 11) is 0. The number of nitrogens with zero attached hydrogens (tertiary/aromatic N) is 5. The Morgan fingerprint density at radius 2 is 2.12 bits per heavy atom. The average molecular weight is 328 g/mol. The maximum absolute atomic E-state index is 12.6. The van der Waals surface area contributed by atoms with Crippen molar-refractivity contribution >= 4 is 11.7 Å². The summed E-state index contributed by atoms with van der Waals surface area (Å²) in [6, 6.07) is 4.04. The van der Waals surface area contributed by atoms with Gasteiger partial charge in [-0.3, -0.25) is 9.48 Å². The maximum atomic E-state index is 12.6. The fourth-order valence-corrected chi connectivity index (χ4v) is 3.00. The van der Waals surface area contributed by atoms with Crippen LogP contribution in [0.4, 0.5) is 5.82 Å². The lowest BCUT2D eigenvalue weighted by atomic mass is 9.96. The molecule has 1 aliphatic rings. The molecule has 0 bridgehead atoms. The van der Waals surface area contributed by atoms with Crippen molar-refractivity contribution in [2.24, 2.45) is 5.92 Å². The van der Waals surface area contributed by atoms with Crippen molar-refractivity contribution in [3.05, 3.63) is 36.3 Å². The predicted octanol–water partition coefficient (Wildman–Crippen LogP) is 2.05. The normalized spacial score (nSPS) is 15.7. The van der Waals surface area contributed by atoms with Crippen LogP contribution in [0.2, 0.25) is 0 Å². The molecule has 1 N–H and O–H groups in total. The van der Waals surface area contributed by atoms with Crippen molar-refractivity contribution in [3.8, 4) is 0 Å². The molecule has 0 radical (unpaired) electrons. The number of amides is 1. The van der Waals surface area contributed by atoms with Gasteiger partial charge in [0.25, 0.3) is 5.91 Å². The van der Waals surface area contributed by atoms with Crippen LogP contribution in [0.15, 0.2) is 30.7 Å². The van der Waals surface area contributed by atoms with Crippen LogP contribution in [0.5, 0.6) is 0 Å². The highest BCUT2D eigenvalue weighted by molar-refractivity contribution is 5.94. The predicted molar refractivity (Wildman–Crippen MR) is 91.6 cm³/mol. The summed E-state index contributed by atoms with van der Waals surface area (Å²) in [5, 5.41) is 11.1. The zero-order valence-corrected chi connectivity index (χ0v) is 14.2. The molecule has 0 unspecified atom stereocenters. The van der Waals surface area contributed by atoms with E-state index in [4.69, 9.17) is 0 Å². The summed E-state index contributed by atoms with van der Waals surface area (Å²) in [4.78, 5) is 18.8. The topological polar surface area (TPSA) is 75.9 Å². The van der Waals surface area contributed by atoms with E-state index in [9.17, 15) is 4.79 Å². The Morgan fingerprint density at radius 3 is 2.71 bits per heavy atom. The minimum atomic E-state index is 0.0674. The second-order valence-electron chi connectivity index (χ2n) is 6.59. The summed E-state index contributed by atoms with van der Waals surface area (Å²) in [6.45, 7) is 6.56. The number of rotatable bonds is 5. The number of carbonyl (C=O) groups is 1. The summed E-state index contributed by atoms with van der Waals surface area (Å²) >= 11 is 0.